The summed E-state index contributed by atoms with van der Waals surface area (Å²) in [6.45, 7) is 1.56. The number of primary amides is 1. The summed E-state index contributed by atoms with van der Waals surface area (Å²) in [4.78, 5) is 22.2. The second-order valence-electron chi connectivity index (χ2n) is 3.34. The number of halogens is 1. The van der Waals surface area contributed by atoms with Gasteiger partial charge in [0, 0.05) is 5.69 Å². The highest BCUT2D eigenvalue weighted by Gasteiger charge is 2.10. The van der Waals surface area contributed by atoms with E-state index in [1.54, 1.807) is 6.92 Å². The minimum Gasteiger partial charge on any atom is -0.366 e. The quantitative estimate of drug-likeness (QED) is 0.727. The Morgan fingerprint density at radius 2 is 2.06 bits per heavy atom. The normalized spacial score (nSPS) is 11.9. The van der Waals surface area contributed by atoms with Crippen LogP contribution in [0.1, 0.15) is 17.3 Å². The van der Waals surface area contributed by atoms with Crippen molar-refractivity contribution in [3.05, 3.63) is 28.8 Å². The Bertz CT molecular complexity index is 432. The van der Waals surface area contributed by atoms with Gasteiger partial charge >= 0.3 is 0 Å². The van der Waals surface area contributed by atoms with Crippen molar-refractivity contribution in [2.45, 2.75) is 13.0 Å². The Hall–Kier alpha value is -1.59. The fourth-order valence-electron chi connectivity index (χ4n) is 1.05. The predicted octanol–water partition coefficient (Wildman–Crippen LogP) is 0.725. The van der Waals surface area contributed by atoms with Gasteiger partial charge in [-0.15, -0.1) is 0 Å². The maximum Gasteiger partial charge on any atom is 0.250 e. The van der Waals surface area contributed by atoms with Crippen molar-refractivity contribution in [3.8, 4) is 0 Å². The second-order valence-corrected chi connectivity index (χ2v) is 3.74. The standard InChI is InChI=1S/C10H12ClN3O2/c1-5(12)10(16)14-6-2-3-7(9(13)15)8(11)4-6/h2-5H,12H2,1H3,(H2,13,15)(H,14,16). The van der Waals surface area contributed by atoms with E-state index in [0.717, 1.165) is 0 Å². The number of hydrogen-bond donors (Lipinski definition) is 3. The van der Waals surface area contributed by atoms with E-state index in [9.17, 15) is 9.59 Å². The average Bonchev–Trinajstić information content (AvgIpc) is 2.16. The molecule has 1 atom stereocenters. The van der Waals surface area contributed by atoms with Crippen molar-refractivity contribution < 1.29 is 9.59 Å². The molecule has 0 radical (unpaired) electrons. The molecule has 1 aromatic rings. The van der Waals surface area contributed by atoms with Gasteiger partial charge in [0.05, 0.1) is 16.6 Å². The van der Waals surface area contributed by atoms with Crippen molar-refractivity contribution in [3.63, 3.8) is 0 Å². The van der Waals surface area contributed by atoms with Crippen LogP contribution in [-0.2, 0) is 4.79 Å². The molecule has 1 rings (SSSR count). The zero-order valence-corrected chi connectivity index (χ0v) is 9.41. The largest absolute Gasteiger partial charge is 0.366 e. The lowest BCUT2D eigenvalue weighted by Crippen LogP contribution is -2.32. The van der Waals surface area contributed by atoms with Crippen LogP contribution in [0.3, 0.4) is 0 Å². The number of amides is 2. The molecule has 0 fully saturated rings. The number of anilines is 1. The van der Waals surface area contributed by atoms with Gasteiger partial charge in [0.2, 0.25) is 11.8 Å². The van der Waals surface area contributed by atoms with Crippen LogP contribution in [0, 0.1) is 0 Å². The fourth-order valence-corrected chi connectivity index (χ4v) is 1.32. The van der Waals surface area contributed by atoms with E-state index in [0.29, 0.717) is 5.69 Å². The van der Waals surface area contributed by atoms with Crippen LogP contribution in [0.15, 0.2) is 18.2 Å². The van der Waals surface area contributed by atoms with Gasteiger partial charge in [-0.3, -0.25) is 9.59 Å². The Labute approximate surface area is 97.7 Å². The molecule has 5 N–H and O–H groups in total. The molecule has 0 aliphatic rings. The van der Waals surface area contributed by atoms with Gasteiger partial charge in [-0.2, -0.15) is 0 Å². The molecule has 0 aromatic heterocycles. The summed E-state index contributed by atoms with van der Waals surface area (Å²) in [7, 11) is 0. The van der Waals surface area contributed by atoms with E-state index >= 15 is 0 Å². The van der Waals surface area contributed by atoms with Crippen LogP contribution in [0.5, 0.6) is 0 Å². The zero-order valence-electron chi connectivity index (χ0n) is 8.66. The SMILES string of the molecule is CC(N)C(=O)Nc1ccc(C(N)=O)c(Cl)c1. The third kappa shape index (κ3) is 2.95. The Morgan fingerprint density at radius 1 is 1.44 bits per heavy atom. The number of nitrogens with one attached hydrogen (secondary N) is 1. The van der Waals surface area contributed by atoms with E-state index < -0.39 is 11.9 Å². The first-order valence-electron chi connectivity index (χ1n) is 4.57. The van der Waals surface area contributed by atoms with Gasteiger partial charge in [-0.25, -0.2) is 0 Å². The second kappa shape index (κ2) is 4.96. The molecule has 0 spiro atoms. The summed E-state index contributed by atoms with van der Waals surface area (Å²) >= 11 is 5.80. The molecular weight excluding hydrogens is 230 g/mol. The van der Waals surface area contributed by atoms with E-state index in [4.69, 9.17) is 23.1 Å². The minimum absolute atomic E-state index is 0.190. The molecule has 1 unspecified atom stereocenters. The summed E-state index contributed by atoms with van der Waals surface area (Å²) in [5.74, 6) is -0.946. The van der Waals surface area contributed by atoms with E-state index in [1.165, 1.54) is 18.2 Å². The predicted molar refractivity (Wildman–Crippen MR) is 62.2 cm³/mol. The van der Waals surface area contributed by atoms with Crippen molar-refractivity contribution in [2.24, 2.45) is 11.5 Å². The first kappa shape index (κ1) is 12.5. The molecule has 1 aromatic carbocycles. The van der Waals surface area contributed by atoms with Crippen LogP contribution in [-0.4, -0.2) is 17.9 Å². The number of rotatable bonds is 3. The fraction of sp³-hybridized carbons (Fsp3) is 0.200. The minimum atomic E-state index is -0.616. The number of carbonyl (C=O) groups excluding carboxylic acids is 2. The van der Waals surface area contributed by atoms with Crippen LogP contribution < -0.4 is 16.8 Å². The molecule has 0 aliphatic carbocycles. The van der Waals surface area contributed by atoms with Gasteiger partial charge in [0.1, 0.15) is 0 Å². The maximum absolute atomic E-state index is 11.3. The molecule has 0 bridgehead atoms. The van der Waals surface area contributed by atoms with Crippen molar-refractivity contribution in [1.82, 2.24) is 0 Å². The lowest BCUT2D eigenvalue weighted by molar-refractivity contribution is -0.117. The Balaban J connectivity index is 2.90. The third-order valence-corrected chi connectivity index (χ3v) is 2.23. The zero-order chi connectivity index (χ0) is 12.3. The average molecular weight is 242 g/mol. The molecular formula is C10H12ClN3O2. The first-order valence-corrected chi connectivity index (χ1v) is 4.95. The number of hydrogen-bond acceptors (Lipinski definition) is 3. The van der Waals surface area contributed by atoms with Gasteiger partial charge in [-0.1, -0.05) is 11.6 Å². The highest BCUT2D eigenvalue weighted by atomic mass is 35.5. The molecule has 2 amide bonds. The third-order valence-electron chi connectivity index (χ3n) is 1.92. The van der Waals surface area contributed by atoms with Gasteiger partial charge in [-0.05, 0) is 25.1 Å². The molecule has 0 saturated heterocycles. The summed E-state index contributed by atoms with van der Waals surface area (Å²) < 4.78 is 0. The van der Waals surface area contributed by atoms with Gasteiger partial charge in [0.15, 0.2) is 0 Å². The molecule has 0 saturated carbocycles. The van der Waals surface area contributed by atoms with Crippen molar-refractivity contribution in [1.29, 1.82) is 0 Å². The maximum atomic E-state index is 11.3. The van der Waals surface area contributed by atoms with Crippen molar-refractivity contribution in [2.75, 3.05) is 5.32 Å². The van der Waals surface area contributed by atoms with Gasteiger partial charge < -0.3 is 16.8 Å². The highest BCUT2D eigenvalue weighted by molar-refractivity contribution is 6.34. The lowest BCUT2D eigenvalue weighted by Gasteiger charge is -2.08. The topological polar surface area (TPSA) is 98.2 Å². The molecule has 16 heavy (non-hydrogen) atoms. The van der Waals surface area contributed by atoms with Crippen LogP contribution in [0.2, 0.25) is 5.02 Å². The number of benzene rings is 1. The van der Waals surface area contributed by atoms with Crippen molar-refractivity contribution >= 4 is 29.1 Å². The summed E-state index contributed by atoms with van der Waals surface area (Å²) in [6.07, 6.45) is 0. The van der Waals surface area contributed by atoms with Crippen LogP contribution >= 0.6 is 11.6 Å². The highest BCUT2D eigenvalue weighted by Crippen LogP contribution is 2.20. The first-order chi connectivity index (χ1) is 7.41. The van der Waals surface area contributed by atoms with Crippen LogP contribution in [0.25, 0.3) is 0 Å². The van der Waals surface area contributed by atoms with E-state index in [1.807, 2.05) is 0 Å². The summed E-state index contributed by atoms with van der Waals surface area (Å²) in [6, 6.07) is 3.81. The van der Waals surface area contributed by atoms with E-state index in [-0.39, 0.29) is 16.5 Å². The molecule has 86 valence electrons. The monoisotopic (exact) mass is 241 g/mol. The summed E-state index contributed by atoms with van der Waals surface area (Å²) in [5, 5.41) is 2.74. The molecule has 0 aliphatic heterocycles. The van der Waals surface area contributed by atoms with E-state index in [2.05, 4.69) is 5.32 Å². The molecule has 5 nitrogen and oxygen atoms in total. The Kier molecular flexibility index (Phi) is 3.87. The van der Waals surface area contributed by atoms with Gasteiger partial charge in [0.25, 0.3) is 0 Å². The smallest absolute Gasteiger partial charge is 0.250 e. The summed E-state index contributed by atoms with van der Waals surface area (Å²) in [5.41, 5.74) is 11.1. The molecule has 6 heteroatoms. The number of nitrogens with two attached hydrogens (primary N) is 2. The lowest BCUT2D eigenvalue weighted by atomic mass is 10.2. The Morgan fingerprint density at radius 3 is 2.50 bits per heavy atom. The molecule has 0 heterocycles. The number of carbonyl (C=O) groups is 2. The van der Waals surface area contributed by atoms with Crippen LogP contribution in [0.4, 0.5) is 5.69 Å².